The summed E-state index contributed by atoms with van der Waals surface area (Å²) in [5, 5.41) is 7.67. The largest absolute Gasteiger partial charge is 0.298 e. The first-order valence-electron chi connectivity index (χ1n) is 9.53. The summed E-state index contributed by atoms with van der Waals surface area (Å²) >= 11 is 1.36. The molecule has 0 atom stereocenters. The van der Waals surface area contributed by atoms with Gasteiger partial charge in [-0.2, -0.15) is 5.10 Å². The molecule has 1 amide bonds. The highest BCUT2D eigenvalue weighted by Gasteiger charge is 2.18. The van der Waals surface area contributed by atoms with Crippen molar-refractivity contribution in [2.45, 2.75) is 6.92 Å². The van der Waals surface area contributed by atoms with E-state index in [-0.39, 0.29) is 11.7 Å². The Morgan fingerprint density at radius 3 is 2.58 bits per heavy atom. The van der Waals surface area contributed by atoms with Gasteiger partial charge < -0.3 is 0 Å². The zero-order valence-corrected chi connectivity index (χ0v) is 17.2. The van der Waals surface area contributed by atoms with Crippen LogP contribution in [-0.4, -0.2) is 25.5 Å². The topological polar surface area (TPSA) is 72.2 Å². The van der Waals surface area contributed by atoms with Crippen molar-refractivity contribution in [3.8, 4) is 22.5 Å². The monoisotopic (exact) mass is 429 g/mol. The number of carbonyl (C=O) groups excluding carboxylic acids is 1. The average Bonchev–Trinajstić information content (AvgIpc) is 3.38. The molecule has 3 aromatic heterocycles. The fourth-order valence-electron chi connectivity index (χ4n) is 3.37. The van der Waals surface area contributed by atoms with Crippen LogP contribution in [0.25, 0.3) is 28.2 Å². The van der Waals surface area contributed by atoms with Gasteiger partial charge in [-0.1, -0.05) is 30.3 Å². The molecular weight excluding hydrogens is 413 g/mol. The number of nitrogens with zero attached hydrogens (tertiary/aromatic N) is 4. The Kier molecular flexibility index (Phi) is 4.76. The number of hydrogen-bond acceptors (Lipinski definition) is 5. The third-order valence-electron chi connectivity index (χ3n) is 4.85. The second-order valence-electron chi connectivity index (χ2n) is 6.87. The molecule has 0 aliphatic heterocycles. The summed E-state index contributed by atoms with van der Waals surface area (Å²) in [7, 11) is 0. The SMILES string of the molecule is Cc1sc(NC(=O)c2cnn3c(-c4ccccc4)ccnc23)nc1-c1ccc(F)cc1. The normalized spacial score (nSPS) is 11.0. The number of aromatic nitrogens is 4. The number of benzene rings is 2. The molecule has 0 aliphatic rings. The third-order valence-corrected chi connectivity index (χ3v) is 5.74. The van der Waals surface area contributed by atoms with Crippen LogP contribution in [0.15, 0.2) is 73.1 Å². The molecule has 152 valence electrons. The van der Waals surface area contributed by atoms with Crippen molar-refractivity contribution in [3.05, 3.63) is 89.3 Å². The van der Waals surface area contributed by atoms with Crippen molar-refractivity contribution in [2.24, 2.45) is 0 Å². The van der Waals surface area contributed by atoms with Gasteiger partial charge in [0.25, 0.3) is 5.91 Å². The minimum atomic E-state index is -0.341. The molecule has 5 rings (SSSR count). The van der Waals surface area contributed by atoms with Crippen LogP contribution in [0, 0.1) is 12.7 Å². The van der Waals surface area contributed by atoms with Gasteiger partial charge in [-0.3, -0.25) is 10.1 Å². The number of halogens is 1. The van der Waals surface area contributed by atoms with Crippen LogP contribution in [0.3, 0.4) is 0 Å². The van der Waals surface area contributed by atoms with Gasteiger partial charge in [-0.15, -0.1) is 11.3 Å². The van der Waals surface area contributed by atoms with E-state index in [1.807, 2.05) is 43.3 Å². The number of hydrogen-bond donors (Lipinski definition) is 1. The standard InChI is InChI=1S/C23H16FN5OS/c1-14-20(16-7-9-17(24)10-8-16)27-23(31-14)28-22(30)18-13-26-29-19(11-12-25-21(18)29)15-5-3-2-4-6-15/h2-13H,1H3,(H,27,28,30). The molecule has 0 bridgehead atoms. The molecule has 1 N–H and O–H groups in total. The molecule has 3 heterocycles. The van der Waals surface area contributed by atoms with Gasteiger partial charge in [0, 0.05) is 22.2 Å². The van der Waals surface area contributed by atoms with E-state index in [0.29, 0.717) is 22.0 Å². The highest BCUT2D eigenvalue weighted by Crippen LogP contribution is 2.31. The number of carbonyl (C=O) groups is 1. The summed E-state index contributed by atoms with van der Waals surface area (Å²) in [6.45, 7) is 1.91. The summed E-state index contributed by atoms with van der Waals surface area (Å²) in [5.74, 6) is -0.646. The van der Waals surface area contributed by atoms with Gasteiger partial charge in [0.15, 0.2) is 10.8 Å². The molecule has 2 aromatic carbocycles. The first-order chi connectivity index (χ1) is 15.1. The molecule has 0 radical (unpaired) electrons. The Balaban J connectivity index is 1.45. The first-order valence-corrected chi connectivity index (χ1v) is 10.3. The summed E-state index contributed by atoms with van der Waals surface area (Å²) in [4.78, 5) is 22.8. The number of rotatable bonds is 4. The predicted molar refractivity (Wildman–Crippen MR) is 119 cm³/mol. The van der Waals surface area contributed by atoms with E-state index in [2.05, 4.69) is 20.4 Å². The fourth-order valence-corrected chi connectivity index (χ4v) is 4.20. The van der Waals surface area contributed by atoms with Gasteiger partial charge in [-0.05, 0) is 37.3 Å². The molecule has 31 heavy (non-hydrogen) atoms. The van der Waals surface area contributed by atoms with E-state index in [4.69, 9.17) is 0 Å². The van der Waals surface area contributed by atoms with Crippen LogP contribution in [0.2, 0.25) is 0 Å². The molecule has 5 aromatic rings. The molecule has 0 spiro atoms. The van der Waals surface area contributed by atoms with Gasteiger partial charge >= 0.3 is 0 Å². The van der Waals surface area contributed by atoms with Crippen molar-refractivity contribution in [1.82, 2.24) is 19.6 Å². The maximum Gasteiger partial charge on any atom is 0.262 e. The summed E-state index contributed by atoms with van der Waals surface area (Å²) < 4.78 is 14.9. The Labute approximate surface area is 181 Å². The van der Waals surface area contributed by atoms with Gasteiger partial charge in [-0.25, -0.2) is 18.9 Å². The van der Waals surface area contributed by atoms with Crippen molar-refractivity contribution < 1.29 is 9.18 Å². The highest BCUT2D eigenvalue weighted by atomic mass is 32.1. The van der Waals surface area contributed by atoms with Crippen molar-refractivity contribution in [1.29, 1.82) is 0 Å². The number of anilines is 1. The zero-order chi connectivity index (χ0) is 21.4. The summed E-state index contributed by atoms with van der Waals surface area (Å²) in [5.41, 5.74) is 4.14. The lowest BCUT2D eigenvalue weighted by atomic mass is 10.1. The molecule has 8 heteroatoms. The fraction of sp³-hybridized carbons (Fsp3) is 0.0435. The molecule has 0 aliphatic carbocycles. The van der Waals surface area contributed by atoms with Gasteiger partial charge in [0.2, 0.25) is 0 Å². The zero-order valence-electron chi connectivity index (χ0n) is 16.4. The maximum absolute atomic E-state index is 13.2. The van der Waals surface area contributed by atoms with Crippen molar-refractivity contribution in [3.63, 3.8) is 0 Å². The van der Waals surface area contributed by atoms with E-state index in [9.17, 15) is 9.18 Å². The number of fused-ring (bicyclic) bond motifs is 1. The molecule has 0 unspecified atom stereocenters. The minimum Gasteiger partial charge on any atom is -0.298 e. The molecule has 0 saturated heterocycles. The first kappa shape index (κ1) is 19.1. The van der Waals surface area contributed by atoms with Crippen LogP contribution in [0.1, 0.15) is 15.2 Å². The van der Waals surface area contributed by atoms with E-state index in [1.165, 1.54) is 29.7 Å². The Bertz CT molecular complexity index is 1390. The number of amides is 1. The van der Waals surface area contributed by atoms with Crippen molar-refractivity contribution >= 4 is 28.0 Å². The van der Waals surface area contributed by atoms with Crippen LogP contribution in [0.5, 0.6) is 0 Å². The lowest BCUT2D eigenvalue weighted by Crippen LogP contribution is -2.12. The quantitative estimate of drug-likeness (QED) is 0.425. The molecule has 0 fully saturated rings. The van der Waals surface area contributed by atoms with Gasteiger partial charge in [0.05, 0.1) is 17.6 Å². The molecule has 0 saturated carbocycles. The van der Waals surface area contributed by atoms with Crippen molar-refractivity contribution in [2.75, 3.05) is 5.32 Å². The third kappa shape index (κ3) is 3.57. The highest BCUT2D eigenvalue weighted by molar-refractivity contribution is 7.16. The lowest BCUT2D eigenvalue weighted by molar-refractivity contribution is 0.102. The number of nitrogens with one attached hydrogen (secondary N) is 1. The minimum absolute atomic E-state index is 0.305. The van der Waals surface area contributed by atoms with Crippen LogP contribution >= 0.6 is 11.3 Å². The van der Waals surface area contributed by atoms with E-state index >= 15 is 0 Å². The van der Waals surface area contributed by atoms with Gasteiger partial charge in [0.1, 0.15) is 11.4 Å². The maximum atomic E-state index is 13.2. The Morgan fingerprint density at radius 2 is 1.81 bits per heavy atom. The van der Waals surface area contributed by atoms with E-state index in [0.717, 1.165) is 21.7 Å². The van der Waals surface area contributed by atoms with Crippen LogP contribution in [-0.2, 0) is 0 Å². The number of thiazole rings is 1. The summed E-state index contributed by atoms with van der Waals surface area (Å²) in [6.07, 6.45) is 3.17. The van der Waals surface area contributed by atoms with Crippen LogP contribution in [0.4, 0.5) is 9.52 Å². The predicted octanol–water partition coefficient (Wildman–Crippen LogP) is 5.22. The summed E-state index contributed by atoms with van der Waals surface area (Å²) in [6, 6.07) is 17.8. The second kappa shape index (κ2) is 7.73. The average molecular weight is 429 g/mol. The number of aryl methyl sites for hydroxylation is 1. The Hall–Kier alpha value is -3.91. The lowest BCUT2D eigenvalue weighted by Gasteiger charge is -2.05. The molecule has 6 nitrogen and oxygen atoms in total. The Morgan fingerprint density at radius 1 is 1.03 bits per heavy atom. The molecular formula is C23H16FN5OS. The van der Waals surface area contributed by atoms with Crippen LogP contribution < -0.4 is 5.32 Å². The van der Waals surface area contributed by atoms with E-state index in [1.54, 1.807) is 22.8 Å². The second-order valence-corrected chi connectivity index (χ2v) is 8.08. The van der Waals surface area contributed by atoms with E-state index < -0.39 is 0 Å². The smallest absolute Gasteiger partial charge is 0.262 e.